The van der Waals surface area contributed by atoms with Crippen molar-refractivity contribution >= 4 is 56.8 Å². The number of carbonyl (C=O) groups excluding carboxylic acids is 3. The minimum Gasteiger partial charge on any atom is -0.443 e. The molecule has 11 nitrogen and oxygen atoms in total. The molecule has 2 aromatic rings. The summed E-state index contributed by atoms with van der Waals surface area (Å²) in [4.78, 5) is 44.5. The molecular formula is C27H33Cl2N5O6S. The third-order valence-corrected chi connectivity index (χ3v) is 8.30. The van der Waals surface area contributed by atoms with Crippen LogP contribution in [0.25, 0.3) is 0 Å². The fourth-order valence-electron chi connectivity index (χ4n) is 3.78. The number of nitrogens with zero attached hydrogens (tertiary/aromatic N) is 3. The zero-order valence-corrected chi connectivity index (χ0v) is 25.6. The third-order valence-electron chi connectivity index (χ3n) is 5.78. The summed E-state index contributed by atoms with van der Waals surface area (Å²) in [5, 5.41) is 5.04. The van der Waals surface area contributed by atoms with Gasteiger partial charge in [0.15, 0.2) is 9.84 Å². The number of hydrogen-bond donors (Lipinski definition) is 2. The third kappa shape index (κ3) is 9.15. The molecule has 1 heterocycles. The number of aliphatic imine (C=N–C) groups is 1. The Morgan fingerprint density at radius 2 is 1.76 bits per heavy atom. The highest BCUT2D eigenvalue weighted by molar-refractivity contribution is 7.91. The SMILES string of the molecule is CN(Cc1ccc(C2=NCCN2C(=O)OC(C)(C)C)cc1)C(=O)CNC(=O)CNCS(=O)(=O)c1cccc(Cl)c1Cl. The topological polar surface area (TPSA) is 137 Å². The predicted molar refractivity (Wildman–Crippen MR) is 157 cm³/mol. The van der Waals surface area contributed by atoms with Gasteiger partial charge < -0.3 is 15.0 Å². The number of hydrogen-bond acceptors (Lipinski definition) is 8. The molecule has 0 fully saturated rings. The largest absolute Gasteiger partial charge is 0.443 e. The summed E-state index contributed by atoms with van der Waals surface area (Å²) >= 11 is 11.9. The van der Waals surface area contributed by atoms with E-state index in [0.717, 1.165) is 11.1 Å². The summed E-state index contributed by atoms with van der Waals surface area (Å²) in [6.45, 7) is 6.05. The second-order valence-electron chi connectivity index (χ2n) is 10.3. The molecule has 1 aliphatic heterocycles. The van der Waals surface area contributed by atoms with E-state index in [9.17, 15) is 22.8 Å². The van der Waals surface area contributed by atoms with Crippen LogP contribution in [0, 0.1) is 0 Å². The minimum atomic E-state index is -3.83. The molecule has 222 valence electrons. The molecule has 0 aromatic heterocycles. The van der Waals surface area contributed by atoms with E-state index >= 15 is 0 Å². The lowest BCUT2D eigenvalue weighted by molar-refractivity contribution is -0.132. The van der Waals surface area contributed by atoms with E-state index in [1.165, 1.54) is 28.0 Å². The van der Waals surface area contributed by atoms with E-state index < -0.39 is 33.3 Å². The molecule has 2 aromatic carbocycles. The van der Waals surface area contributed by atoms with Crippen LogP contribution in [0.3, 0.4) is 0 Å². The van der Waals surface area contributed by atoms with Crippen LogP contribution in [0.2, 0.25) is 10.0 Å². The lowest BCUT2D eigenvalue weighted by Gasteiger charge is -2.25. The molecule has 0 radical (unpaired) electrons. The average molecular weight is 627 g/mol. The summed E-state index contributed by atoms with van der Waals surface area (Å²) in [7, 11) is -2.22. The first-order chi connectivity index (χ1) is 19.2. The average Bonchev–Trinajstić information content (AvgIpc) is 3.38. The van der Waals surface area contributed by atoms with E-state index in [2.05, 4.69) is 15.6 Å². The van der Waals surface area contributed by atoms with Crippen molar-refractivity contribution in [3.05, 3.63) is 63.6 Å². The first-order valence-electron chi connectivity index (χ1n) is 12.7. The normalized spacial score (nSPS) is 13.5. The Balaban J connectivity index is 1.45. The second-order valence-corrected chi connectivity index (χ2v) is 13.0. The molecular weight excluding hydrogens is 593 g/mol. The Morgan fingerprint density at radius 3 is 2.41 bits per heavy atom. The number of amidine groups is 1. The molecule has 0 unspecified atom stereocenters. The van der Waals surface area contributed by atoms with Crippen LogP contribution < -0.4 is 10.6 Å². The molecule has 0 spiro atoms. The number of amides is 3. The fraction of sp³-hybridized carbons (Fsp3) is 0.407. The van der Waals surface area contributed by atoms with E-state index in [4.69, 9.17) is 27.9 Å². The first kappa shape index (κ1) is 32.3. The summed E-state index contributed by atoms with van der Waals surface area (Å²) in [5.41, 5.74) is 0.977. The molecule has 0 atom stereocenters. The molecule has 14 heteroatoms. The predicted octanol–water partition coefficient (Wildman–Crippen LogP) is 3.09. The zero-order chi connectivity index (χ0) is 30.4. The first-order valence-corrected chi connectivity index (χ1v) is 15.1. The van der Waals surface area contributed by atoms with Gasteiger partial charge in [-0.3, -0.25) is 24.8 Å². The molecule has 3 amide bonds. The van der Waals surface area contributed by atoms with Gasteiger partial charge in [-0.1, -0.05) is 53.5 Å². The number of carbonyl (C=O) groups is 3. The van der Waals surface area contributed by atoms with Crippen LogP contribution in [-0.4, -0.2) is 86.7 Å². The van der Waals surface area contributed by atoms with Gasteiger partial charge in [-0.05, 0) is 38.5 Å². The van der Waals surface area contributed by atoms with Gasteiger partial charge in [0.2, 0.25) is 11.8 Å². The van der Waals surface area contributed by atoms with Gasteiger partial charge in [-0.15, -0.1) is 0 Å². The highest BCUT2D eigenvalue weighted by atomic mass is 35.5. The number of ether oxygens (including phenoxy) is 1. The van der Waals surface area contributed by atoms with Crippen LogP contribution in [0.5, 0.6) is 0 Å². The maximum Gasteiger partial charge on any atom is 0.416 e. The van der Waals surface area contributed by atoms with Gasteiger partial charge in [0.25, 0.3) is 0 Å². The lowest BCUT2D eigenvalue weighted by Crippen LogP contribution is -2.42. The van der Waals surface area contributed by atoms with Crippen LogP contribution in [-0.2, 0) is 30.7 Å². The van der Waals surface area contributed by atoms with Crippen LogP contribution in [0.4, 0.5) is 4.79 Å². The molecule has 1 aliphatic rings. The van der Waals surface area contributed by atoms with Crippen molar-refractivity contribution in [3.63, 3.8) is 0 Å². The van der Waals surface area contributed by atoms with Crippen molar-refractivity contribution < 1.29 is 27.5 Å². The highest BCUT2D eigenvalue weighted by Crippen LogP contribution is 2.29. The number of halogens is 2. The molecule has 0 bridgehead atoms. The Bertz CT molecular complexity index is 1420. The van der Waals surface area contributed by atoms with Gasteiger partial charge in [-0.2, -0.15) is 0 Å². The quantitative estimate of drug-likeness (QED) is 0.414. The number of likely N-dealkylation sites (N-methyl/N-ethyl adjacent to an activating group) is 1. The molecule has 0 saturated carbocycles. The van der Waals surface area contributed by atoms with Crippen LogP contribution in [0.15, 0.2) is 52.4 Å². The number of rotatable bonds is 10. The Kier molecular flexibility index (Phi) is 10.8. The minimum absolute atomic E-state index is 0.0845. The summed E-state index contributed by atoms with van der Waals surface area (Å²) in [5.74, 6) is -0.880. The molecule has 41 heavy (non-hydrogen) atoms. The lowest BCUT2D eigenvalue weighted by atomic mass is 10.1. The highest BCUT2D eigenvalue weighted by Gasteiger charge is 2.29. The maximum atomic E-state index is 12.5. The second kappa shape index (κ2) is 13.6. The fourth-order valence-corrected chi connectivity index (χ4v) is 5.69. The van der Waals surface area contributed by atoms with E-state index in [1.807, 2.05) is 24.3 Å². The van der Waals surface area contributed by atoms with E-state index in [0.29, 0.717) is 18.9 Å². The molecule has 0 aliphatic carbocycles. The smallest absolute Gasteiger partial charge is 0.416 e. The van der Waals surface area contributed by atoms with Crippen molar-refractivity contribution in [2.75, 3.05) is 39.1 Å². The van der Waals surface area contributed by atoms with Crippen LogP contribution in [0.1, 0.15) is 31.9 Å². The monoisotopic (exact) mass is 625 g/mol. The summed E-state index contributed by atoms with van der Waals surface area (Å²) in [6, 6.07) is 11.6. The number of sulfone groups is 1. The van der Waals surface area contributed by atoms with Crippen LogP contribution >= 0.6 is 23.2 Å². The summed E-state index contributed by atoms with van der Waals surface area (Å²) < 4.78 is 30.4. The van der Waals surface area contributed by atoms with Gasteiger partial charge >= 0.3 is 6.09 Å². The Morgan fingerprint density at radius 1 is 1.07 bits per heavy atom. The zero-order valence-electron chi connectivity index (χ0n) is 23.2. The van der Waals surface area contributed by atoms with Crippen molar-refractivity contribution in [3.8, 4) is 0 Å². The van der Waals surface area contributed by atoms with Gasteiger partial charge in [0.05, 0.1) is 41.1 Å². The van der Waals surface area contributed by atoms with Gasteiger partial charge in [0, 0.05) is 19.2 Å². The standard InChI is InChI=1S/C27H33Cl2N5O6S/c1-27(2,3)40-26(37)34-13-12-31-25(34)19-10-8-18(9-11-19)16-33(4)23(36)15-32-22(35)14-30-17-41(38,39)21-7-5-6-20(28)24(21)29/h5-11,30H,12-17H2,1-4H3,(H,32,35). The molecule has 3 rings (SSSR count). The van der Waals surface area contributed by atoms with Crippen molar-refractivity contribution in [1.29, 1.82) is 0 Å². The van der Waals surface area contributed by atoms with E-state index in [-0.39, 0.29) is 40.5 Å². The van der Waals surface area contributed by atoms with Gasteiger partial charge in [0.1, 0.15) is 17.3 Å². The van der Waals surface area contributed by atoms with Crippen molar-refractivity contribution in [2.45, 2.75) is 37.8 Å². The van der Waals surface area contributed by atoms with E-state index in [1.54, 1.807) is 27.8 Å². The molecule has 2 N–H and O–H groups in total. The number of benzene rings is 2. The Labute approximate surface area is 249 Å². The number of nitrogens with one attached hydrogen (secondary N) is 2. The Hall–Kier alpha value is -3.19. The molecule has 0 saturated heterocycles. The summed E-state index contributed by atoms with van der Waals surface area (Å²) in [6.07, 6.45) is -0.451. The maximum absolute atomic E-state index is 12.5. The van der Waals surface area contributed by atoms with Gasteiger partial charge in [-0.25, -0.2) is 13.2 Å². The van der Waals surface area contributed by atoms with Crippen molar-refractivity contribution in [2.24, 2.45) is 4.99 Å². The van der Waals surface area contributed by atoms with Crippen molar-refractivity contribution in [1.82, 2.24) is 20.4 Å².